The number of ether oxygens (including phenoxy) is 1. The molecule has 0 aromatic carbocycles. The van der Waals surface area contributed by atoms with Gasteiger partial charge in [0, 0.05) is 19.8 Å². The summed E-state index contributed by atoms with van der Waals surface area (Å²) >= 11 is 0. The van der Waals surface area contributed by atoms with E-state index in [4.69, 9.17) is 4.74 Å². The van der Waals surface area contributed by atoms with Crippen LogP contribution in [-0.2, 0) is 4.74 Å². The van der Waals surface area contributed by atoms with Gasteiger partial charge in [-0.05, 0) is 18.8 Å². The summed E-state index contributed by atoms with van der Waals surface area (Å²) in [5, 5.41) is 13.4. The van der Waals surface area contributed by atoms with Crippen LogP contribution in [0.2, 0.25) is 0 Å². The van der Waals surface area contributed by atoms with Crippen LogP contribution in [0.5, 0.6) is 0 Å². The Labute approximate surface area is 98.4 Å². The Balaban J connectivity index is 1.76. The van der Waals surface area contributed by atoms with Gasteiger partial charge in [-0.1, -0.05) is 0 Å². The van der Waals surface area contributed by atoms with E-state index in [-0.39, 0.29) is 5.69 Å². The van der Waals surface area contributed by atoms with Crippen LogP contribution < -0.4 is 5.32 Å². The van der Waals surface area contributed by atoms with Crippen LogP contribution >= 0.6 is 0 Å². The molecule has 1 aromatic heterocycles. The first-order valence-electron chi connectivity index (χ1n) is 5.54. The Bertz CT molecular complexity index is 376. The molecule has 7 heteroatoms. The van der Waals surface area contributed by atoms with Gasteiger partial charge in [0.25, 0.3) is 0 Å². The number of hydrogen-bond acceptors (Lipinski definition) is 6. The number of rotatable bonds is 5. The average molecular weight is 238 g/mol. The van der Waals surface area contributed by atoms with E-state index in [1.165, 1.54) is 12.4 Å². The first-order chi connectivity index (χ1) is 8.25. The van der Waals surface area contributed by atoms with Crippen molar-refractivity contribution in [3.63, 3.8) is 0 Å². The Hall–Kier alpha value is -1.76. The summed E-state index contributed by atoms with van der Waals surface area (Å²) in [6.45, 7) is 2.42. The fraction of sp³-hybridized carbons (Fsp3) is 0.600. The second kappa shape index (κ2) is 5.53. The molecule has 1 fully saturated rings. The van der Waals surface area contributed by atoms with Crippen molar-refractivity contribution in [1.82, 2.24) is 9.97 Å². The smallest absolute Gasteiger partial charge is 0.305 e. The Morgan fingerprint density at radius 1 is 1.53 bits per heavy atom. The predicted octanol–water partition coefficient (Wildman–Crippen LogP) is 1.22. The van der Waals surface area contributed by atoms with Gasteiger partial charge in [0.15, 0.2) is 0 Å². The van der Waals surface area contributed by atoms with Crippen LogP contribution in [0.1, 0.15) is 12.8 Å². The lowest BCUT2D eigenvalue weighted by Crippen LogP contribution is -2.10. The third kappa shape index (κ3) is 3.35. The van der Waals surface area contributed by atoms with Crippen molar-refractivity contribution in [3.05, 3.63) is 22.5 Å². The lowest BCUT2D eigenvalue weighted by atomic mass is 10.1. The van der Waals surface area contributed by atoms with E-state index in [1.807, 2.05) is 0 Å². The minimum Gasteiger partial charge on any atom is -0.381 e. The fourth-order valence-corrected chi connectivity index (χ4v) is 1.71. The molecule has 2 heterocycles. The van der Waals surface area contributed by atoms with Gasteiger partial charge in [-0.15, -0.1) is 0 Å². The van der Waals surface area contributed by atoms with Gasteiger partial charge in [-0.25, -0.2) is 9.97 Å². The lowest BCUT2D eigenvalue weighted by molar-refractivity contribution is -0.385. The number of hydrogen-bond donors (Lipinski definition) is 1. The second-order valence-corrected chi connectivity index (χ2v) is 3.97. The molecular formula is C10H14N4O3. The summed E-state index contributed by atoms with van der Waals surface area (Å²) in [4.78, 5) is 17.6. The molecule has 0 spiro atoms. The van der Waals surface area contributed by atoms with Gasteiger partial charge in [0.1, 0.15) is 12.4 Å². The van der Waals surface area contributed by atoms with E-state index in [1.54, 1.807) is 0 Å². The van der Waals surface area contributed by atoms with Gasteiger partial charge >= 0.3 is 5.69 Å². The SMILES string of the molecule is O=[N+]([O-])c1cnc(NCCC2CCOC2)nc1. The van der Waals surface area contributed by atoms with Crippen LogP contribution in [0.15, 0.2) is 12.4 Å². The fourth-order valence-electron chi connectivity index (χ4n) is 1.71. The summed E-state index contributed by atoms with van der Waals surface area (Å²) < 4.78 is 5.27. The van der Waals surface area contributed by atoms with E-state index in [9.17, 15) is 10.1 Å². The number of anilines is 1. The lowest BCUT2D eigenvalue weighted by Gasteiger charge is -2.07. The van der Waals surface area contributed by atoms with Crippen molar-refractivity contribution in [3.8, 4) is 0 Å². The molecule has 1 aliphatic rings. The molecule has 0 saturated carbocycles. The van der Waals surface area contributed by atoms with Crippen LogP contribution in [0.25, 0.3) is 0 Å². The Morgan fingerprint density at radius 3 is 2.88 bits per heavy atom. The Kier molecular flexibility index (Phi) is 3.81. The highest BCUT2D eigenvalue weighted by molar-refractivity contribution is 5.30. The zero-order valence-corrected chi connectivity index (χ0v) is 9.33. The van der Waals surface area contributed by atoms with Crippen LogP contribution in [0, 0.1) is 16.0 Å². The van der Waals surface area contributed by atoms with Crippen molar-refractivity contribution in [2.24, 2.45) is 5.92 Å². The minimum atomic E-state index is -0.514. The highest BCUT2D eigenvalue weighted by atomic mass is 16.6. The van der Waals surface area contributed by atoms with E-state index in [2.05, 4.69) is 15.3 Å². The molecule has 0 amide bonds. The molecule has 17 heavy (non-hydrogen) atoms. The number of nitro groups is 1. The molecule has 1 unspecified atom stereocenters. The minimum absolute atomic E-state index is 0.0975. The van der Waals surface area contributed by atoms with Gasteiger partial charge in [-0.2, -0.15) is 0 Å². The van der Waals surface area contributed by atoms with Gasteiger partial charge in [-0.3, -0.25) is 10.1 Å². The maximum absolute atomic E-state index is 10.4. The molecule has 1 aromatic rings. The monoisotopic (exact) mass is 238 g/mol. The molecule has 0 radical (unpaired) electrons. The molecule has 1 N–H and O–H groups in total. The van der Waals surface area contributed by atoms with Gasteiger partial charge in [0.2, 0.25) is 5.95 Å². The third-order valence-electron chi connectivity index (χ3n) is 2.71. The van der Waals surface area contributed by atoms with Gasteiger partial charge in [0.05, 0.1) is 4.92 Å². The first-order valence-corrected chi connectivity index (χ1v) is 5.54. The van der Waals surface area contributed by atoms with Crippen LogP contribution in [0.3, 0.4) is 0 Å². The molecule has 0 bridgehead atoms. The van der Waals surface area contributed by atoms with Crippen molar-refractivity contribution >= 4 is 11.6 Å². The largest absolute Gasteiger partial charge is 0.381 e. The highest BCUT2D eigenvalue weighted by Gasteiger charge is 2.15. The van der Waals surface area contributed by atoms with E-state index in [0.717, 1.165) is 32.6 Å². The number of nitrogens with zero attached hydrogens (tertiary/aromatic N) is 3. The van der Waals surface area contributed by atoms with E-state index < -0.39 is 4.92 Å². The van der Waals surface area contributed by atoms with Crippen LogP contribution in [-0.4, -0.2) is 34.6 Å². The second-order valence-electron chi connectivity index (χ2n) is 3.97. The molecule has 1 aliphatic heterocycles. The molecule has 92 valence electrons. The maximum atomic E-state index is 10.4. The van der Waals surface area contributed by atoms with Crippen LogP contribution in [0.4, 0.5) is 11.6 Å². The quantitative estimate of drug-likeness (QED) is 0.612. The topological polar surface area (TPSA) is 90.2 Å². The van der Waals surface area contributed by atoms with Crippen molar-refractivity contribution in [2.75, 3.05) is 25.1 Å². The number of aromatic nitrogens is 2. The van der Waals surface area contributed by atoms with Crippen molar-refractivity contribution in [1.29, 1.82) is 0 Å². The first kappa shape index (κ1) is 11.7. The van der Waals surface area contributed by atoms with E-state index >= 15 is 0 Å². The molecule has 1 atom stereocenters. The third-order valence-corrected chi connectivity index (χ3v) is 2.71. The molecule has 7 nitrogen and oxygen atoms in total. The summed E-state index contributed by atoms with van der Waals surface area (Å²) in [5.74, 6) is 1.02. The van der Waals surface area contributed by atoms with Crippen molar-refractivity contribution in [2.45, 2.75) is 12.8 Å². The zero-order valence-electron chi connectivity index (χ0n) is 9.33. The molecule has 2 rings (SSSR count). The summed E-state index contributed by atoms with van der Waals surface area (Å²) in [6, 6.07) is 0. The summed E-state index contributed by atoms with van der Waals surface area (Å²) in [6.07, 6.45) is 4.51. The Morgan fingerprint density at radius 2 is 2.29 bits per heavy atom. The molecule has 1 saturated heterocycles. The summed E-state index contributed by atoms with van der Waals surface area (Å²) in [7, 11) is 0. The van der Waals surface area contributed by atoms with E-state index in [0.29, 0.717) is 11.9 Å². The van der Waals surface area contributed by atoms with Crippen molar-refractivity contribution < 1.29 is 9.66 Å². The molecule has 0 aliphatic carbocycles. The highest BCUT2D eigenvalue weighted by Crippen LogP contribution is 2.16. The molecular weight excluding hydrogens is 224 g/mol. The summed E-state index contributed by atoms with van der Waals surface area (Å²) in [5.41, 5.74) is -0.0975. The predicted molar refractivity (Wildman–Crippen MR) is 60.7 cm³/mol. The maximum Gasteiger partial charge on any atom is 0.305 e. The van der Waals surface area contributed by atoms with Gasteiger partial charge < -0.3 is 10.1 Å². The number of nitrogens with one attached hydrogen (secondary N) is 1. The standard InChI is InChI=1S/C10H14N4O3/c15-14(16)9-5-12-10(13-6-9)11-3-1-8-2-4-17-7-8/h5-6,8H,1-4,7H2,(H,11,12,13). The normalized spacial score (nSPS) is 19.2. The zero-order chi connectivity index (χ0) is 12.1. The average Bonchev–Trinajstić information content (AvgIpc) is 2.83.